The van der Waals surface area contributed by atoms with Gasteiger partial charge in [0.25, 0.3) is 0 Å². The number of carbonyl (C=O) groups excluding carboxylic acids is 1. The molecule has 3 aliphatic heterocycles. The maximum absolute atomic E-state index is 12.2. The van der Waals surface area contributed by atoms with Crippen molar-refractivity contribution in [2.24, 2.45) is 46.3 Å². The highest BCUT2D eigenvalue weighted by Gasteiger charge is 2.30. The van der Waals surface area contributed by atoms with E-state index in [9.17, 15) is 4.79 Å². The van der Waals surface area contributed by atoms with Crippen LogP contribution >= 0.6 is 27.7 Å². The Morgan fingerprint density at radius 1 is 0.706 bits per heavy atom. The highest BCUT2D eigenvalue weighted by atomic mass is 79.9. The molecule has 0 aromatic carbocycles. The van der Waals surface area contributed by atoms with Crippen LogP contribution in [-0.2, 0) is 9.53 Å². The van der Waals surface area contributed by atoms with Crippen molar-refractivity contribution in [3.05, 3.63) is 0 Å². The molecule has 2 aliphatic carbocycles. The molecule has 1 N–H and O–H groups in total. The maximum Gasteiger partial charge on any atom is 0.236 e. The smallest absolute Gasteiger partial charge is 0.236 e. The third kappa shape index (κ3) is 23.7. The minimum absolute atomic E-state index is 0.0207. The zero-order valence-electron chi connectivity index (χ0n) is 35.3. The molecule has 5 aliphatic rings. The van der Waals surface area contributed by atoms with Crippen molar-refractivity contribution in [1.82, 2.24) is 9.80 Å². The molecule has 5 rings (SSSR count). The zero-order chi connectivity index (χ0) is 38.0. The first kappa shape index (κ1) is 47.3. The Hall–Kier alpha value is 0.180. The van der Waals surface area contributed by atoms with Gasteiger partial charge in [0, 0.05) is 31.0 Å². The molecule has 3 saturated heterocycles. The summed E-state index contributed by atoms with van der Waals surface area (Å²) in [6, 6.07) is 0. The lowest BCUT2D eigenvalue weighted by molar-refractivity contribution is -0.134. The summed E-state index contributed by atoms with van der Waals surface area (Å²) >= 11 is 5.82. The van der Waals surface area contributed by atoms with Crippen LogP contribution in [0.1, 0.15) is 159 Å². The molecule has 0 unspecified atom stereocenters. The minimum Gasteiger partial charge on any atom is -0.393 e. The normalized spacial score (nSPS) is 27.0. The van der Waals surface area contributed by atoms with E-state index in [4.69, 9.17) is 9.84 Å². The molecule has 5 nitrogen and oxygen atoms in total. The number of alkyl halides is 1. The molecule has 0 aromatic rings. The van der Waals surface area contributed by atoms with Gasteiger partial charge in [-0.1, -0.05) is 85.2 Å². The third-order valence-corrected chi connectivity index (χ3v) is 13.1. The Morgan fingerprint density at radius 2 is 1.18 bits per heavy atom. The van der Waals surface area contributed by atoms with Crippen molar-refractivity contribution in [3.63, 3.8) is 0 Å². The lowest BCUT2D eigenvalue weighted by atomic mass is 9.73. The minimum atomic E-state index is 0.0207. The van der Waals surface area contributed by atoms with E-state index in [0.29, 0.717) is 23.3 Å². The van der Waals surface area contributed by atoms with E-state index in [1.54, 1.807) is 0 Å². The Kier molecular flexibility index (Phi) is 22.9. The van der Waals surface area contributed by atoms with Crippen molar-refractivity contribution in [2.45, 2.75) is 170 Å². The summed E-state index contributed by atoms with van der Waals surface area (Å²) in [5.74, 6) is 8.51. The molecule has 0 bridgehead atoms. The van der Waals surface area contributed by atoms with Crippen molar-refractivity contribution < 1.29 is 14.6 Å². The molecule has 5 fully saturated rings. The van der Waals surface area contributed by atoms with Crippen LogP contribution in [0.15, 0.2) is 0 Å². The number of aliphatic hydroxyl groups is 1. The van der Waals surface area contributed by atoms with Gasteiger partial charge in [-0.25, -0.2) is 0 Å². The van der Waals surface area contributed by atoms with Crippen LogP contribution in [0.25, 0.3) is 0 Å². The predicted molar refractivity (Wildman–Crippen MR) is 227 cm³/mol. The number of ether oxygens (including phenoxy) is 1. The van der Waals surface area contributed by atoms with Gasteiger partial charge in [0.1, 0.15) is 0 Å². The molecule has 0 radical (unpaired) electrons. The Morgan fingerprint density at radius 3 is 1.63 bits per heavy atom. The number of rotatable bonds is 8. The van der Waals surface area contributed by atoms with Gasteiger partial charge in [-0.15, -0.1) is 0 Å². The standard InChI is InChI=1S/C15H28N2O2.C11H21Br.C9H18O.C9H18S/c1-13(2)11-14-3-5-17(6-4-14)15(18)12-16-7-9-19-10-8-16;1-11(2,3)8-9-4-6-10(12)7-5-9;1-9(2,3)6-7-4-8(10)5-7;1-8(2)7-9-3-5-10-6-4-9/h13-14H,3-12H2,1-2H3;9-10H,4-8H2,1-3H3;7-8,10H,4-6H2,1-3H3;8-9H,3-7H2,1-2H3. The fourth-order valence-electron chi connectivity index (χ4n) is 8.71. The van der Waals surface area contributed by atoms with Crippen LogP contribution in [0.4, 0.5) is 0 Å². The molecule has 0 atom stereocenters. The van der Waals surface area contributed by atoms with Gasteiger partial charge in [0.05, 0.1) is 25.9 Å². The third-order valence-electron chi connectivity index (χ3n) is 11.2. The van der Waals surface area contributed by atoms with Crippen molar-refractivity contribution in [1.29, 1.82) is 0 Å². The van der Waals surface area contributed by atoms with E-state index in [2.05, 4.69) is 107 Å². The van der Waals surface area contributed by atoms with E-state index in [0.717, 1.165) is 92.6 Å². The average molecular weight is 802 g/mol. The zero-order valence-corrected chi connectivity index (χ0v) is 37.7. The fourth-order valence-corrected chi connectivity index (χ4v) is 10.4. The predicted octanol–water partition coefficient (Wildman–Crippen LogP) is 11.3. The lowest BCUT2D eigenvalue weighted by Crippen LogP contribution is -2.47. The summed E-state index contributed by atoms with van der Waals surface area (Å²) in [4.78, 5) is 17.3. The number of aliphatic hydroxyl groups excluding tert-OH is 1. The highest BCUT2D eigenvalue weighted by molar-refractivity contribution is 9.09. The summed E-state index contributed by atoms with van der Waals surface area (Å²) in [5, 5.41) is 9.02. The number of hydrogen-bond donors (Lipinski definition) is 1. The van der Waals surface area contributed by atoms with E-state index in [1.807, 2.05) is 0 Å². The van der Waals surface area contributed by atoms with Crippen LogP contribution in [0, 0.1) is 46.3 Å². The van der Waals surface area contributed by atoms with Crippen LogP contribution in [0.3, 0.4) is 0 Å². The number of amides is 1. The van der Waals surface area contributed by atoms with Crippen molar-refractivity contribution in [2.75, 3.05) is 57.4 Å². The first-order valence-corrected chi connectivity index (χ1v) is 23.4. The molecule has 0 aromatic heterocycles. The Labute approximate surface area is 330 Å². The van der Waals surface area contributed by atoms with Gasteiger partial charge < -0.3 is 14.7 Å². The number of halogens is 1. The second-order valence-electron chi connectivity index (χ2n) is 20.2. The van der Waals surface area contributed by atoms with E-state index in [1.165, 1.54) is 88.6 Å². The van der Waals surface area contributed by atoms with Gasteiger partial charge in [-0.3, -0.25) is 9.69 Å². The van der Waals surface area contributed by atoms with Gasteiger partial charge in [-0.05, 0) is 148 Å². The van der Waals surface area contributed by atoms with Gasteiger partial charge in [0.2, 0.25) is 5.91 Å². The number of piperidine rings is 1. The first-order chi connectivity index (χ1) is 23.9. The largest absolute Gasteiger partial charge is 0.393 e. The molecule has 7 heteroatoms. The Balaban J connectivity index is 0.000000246. The topological polar surface area (TPSA) is 53.0 Å². The number of thioether (sulfide) groups is 1. The van der Waals surface area contributed by atoms with Crippen LogP contribution in [0.2, 0.25) is 0 Å². The summed E-state index contributed by atoms with van der Waals surface area (Å²) in [5.41, 5.74) is 0.981. The van der Waals surface area contributed by atoms with Crippen LogP contribution in [0.5, 0.6) is 0 Å². The number of morpholine rings is 1. The van der Waals surface area contributed by atoms with Crippen LogP contribution in [-0.4, -0.2) is 89.2 Å². The summed E-state index contributed by atoms with van der Waals surface area (Å²) in [7, 11) is 0. The van der Waals surface area contributed by atoms with E-state index >= 15 is 0 Å². The summed E-state index contributed by atoms with van der Waals surface area (Å²) in [6.45, 7) is 28.9. The average Bonchev–Trinajstić information content (AvgIpc) is 3.02. The number of carbonyl (C=O) groups is 1. The molecule has 302 valence electrons. The monoisotopic (exact) mass is 801 g/mol. The van der Waals surface area contributed by atoms with Crippen molar-refractivity contribution >= 4 is 33.6 Å². The SMILES string of the molecule is CC(C)(C)CC1CC(O)C1.CC(C)(C)CC1CCC(Br)CC1.CC(C)CC1CCN(C(=O)CN2CCOCC2)CC1.CC(C)CC1CCSCC1. The molecular formula is C44H85BrN2O3S. The second kappa shape index (κ2) is 24.6. The van der Waals surface area contributed by atoms with Crippen molar-refractivity contribution in [3.8, 4) is 0 Å². The number of likely N-dealkylation sites (tertiary alicyclic amines) is 1. The molecular weight excluding hydrogens is 716 g/mol. The van der Waals surface area contributed by atoms with Gasteiger partial charge in [0.15, 0.2) is 0 Å². The summed E-state index contributed by atoms with van der Waals surface area (Å²) in [6.07, 6.45) is 18.5. The number of nitrogens with zero attached hydrogens (tertiary/aromatic N) is 2. The highest BCUT2D eigenvalue weighted by Crippen LogP contribution is 2.37. The molecule has 0 spiro atoms. The van der Waals surface area contributed by atoms with Gasteiger partial charge in [-0.2, -0.15) is 11.8 Å². The lowest BCUT2D eigenvalue weighted by Gasteiger charge is -2.35. The molecule has 1 amide bonds. The fraction of sp³-hybridized carbons (Fsp3) is 0.977. The van der Waals surface area contributed by atoms with E-state index < -0.39 is 0 Å². The van der Waals surface area contributed by atoms with Crippen LogP contribution < -0.4 is 0 Å². The van der Waals surface area contributed by atoms with Gasteiger partial charge >= 0.3 is 0 Å². The van der Waals surface area contributed by atoms with E-state index in [-0.39, 0.29) is 6.10 Å². The first-order valence-electron chi connectivity index (χ1n) is 21.4. The summed E-state index contributed by atoms with van der Waals surface area (Å²) < 4.78 is 5.31. The number of hydrogen-bond acceptors (Lipinski definition) is 5. The maximum atomic E-state index is 12.2. The molecule has 2 saturated carbocycles. The molecule has 3 heterocycles. The quantitative estimate of drug-likeness (QED) is 0.248. The second-order valence-corrected chi connectivity index (χ2v) is 22.7. The molecule has 51 heavy (non-hydrogen) atoms. The Bertz CT molecular complexity index is 885.